The van der Waals surface area contributed by atoms with Crippen LogP contribution in [0.2, 0.25) is 0 Å². The molecule has 27 heavy (non-hydrogen) atoms. The summed E-state index contributed by atoms with van der Waals surface area (Å²) in [6.07, 6.45) is 1.62. The lowest BCUT2D eigenvalue weighted by Gasteiger charge is -2.17. The highest BCUT2D eigenvalue weighted by atomic mass is 16.6. The van der Waals surface area contributed by atoms with Gasteiger partial charge in [0, 0.05) is 18.2 Å². The maximum absolute atomic E-state index is 12.7. The number of hydrogen-bond donors (Lipinski definition) is 0. The lowest BCUT2D eigenvalue weighted by atomic mass is 9.89. The zero-order valence-corrected chi connectivity index (χ0v) is 15.0. The first-order valence-corrected chi connectivity index (χ1v) is 8.73. The number of carbonyl (C=O) groups excluding carboxylic acids is 1. The second kappa shape index (κ2) is 7.55. The SMILES string of the molecule is Cn1cnc2c1C(=O)c1ccccc1/C2=N\OCCOCc1ccccc1. The van der Waals surface area contributed by atoms with Crippen LogP contribution in [0.25, 0.3) is 0 Å². The zero-order chi connectivity index (χ0) is 18.6. The van der Waals surface area contributed by atoms with Gasteiger partial charge < -0.3 is 14.1 Å². The average Bonchev–Trinajstić information content (AvgIpc) is 3.09. The molecule has 0 unspecified atom stereocenters. The molecule has 1 aliphatic rings. The van der Waals surface area contributed by atoms with Crippen molar-refractivity contribution in [2.24, 2.45) is 12.2 Å². The number of ether oxygens (including phenoxy) is 1. The van der Waals surface area contributed by atoms with Crippen molar-refractivity contribution >= 4 is 11.5 Å². The molecule has 0 spiro atoms. The minimum atomic E-state index is -0.0502. The van der Waals surface area contributed by atoms with Crippen molar-refractivity contribution in [2.75, 3.05) is 13.2 Å². The van der Waals surface area contributed by atoms with E-state index in [1.54, 1.807) is 24.0 Å². The molecule has 0 amide bonds. The van der Waals surface area contributed by atoms with Gasteiger partial charge in [0.05, 0.1) is 19.5 Å². The van der Waals surface area contributed by atoms with Crippen molar-refractivity contribution < 1.29 is 14.4 Å². The van der Waals surface area contributed by atoms with E-state index in [1.165, 1.54) is 0 Å². The summed E-state index contributed by atoms with van der Waals surface area (Å²) in [6, 6.07) is 17.3. The van der Waals surface area contributed by atoms with Crippen LogP contribution in [-0.4, -0.2) is 34.3 Å². The van der Waals surface area contributed by atoms with E-state index in [2.05, 4.69) is 10.1 Å². The van der Waals surface area contributed by atoms with Crippen LogP contribution in [0.5, 0.6) is 0 Å². The van der Waals surface area contributed by atoms with Crippen LogP contribution >= 0.6 is 0 Å². The molecule has 2 aromatic carbocycles. The van der Waals surface area contributed by atoms with Gasteiger partial charge in [-0.15, -0.1) is 0 Å². The van der Waals surface area contributed by atoms with Gasteiger partial charge in [-0.25, -0.2) is 4.98 Å². The summed E-state index contributed by atoms with van der Waals surface area (Å²) in [7, 11) is 1.80. The summed E-state index contributed by atoms with van der Waals surface area (Å²) < 4.78 is 7.32. The summed E-state index contributed by atoms with van der Waals surface area (Å²) >= 11 is 0. The molecule has 0 fully saturated rings. The Morgan fingerprint density at radius 1 is 1.00 bits per heavy atom. The zero-order valence-electron chi connectivity index (χ0n) is 15.0. The number of ketones is 1. The van der Waals surface area contributed by atoms with Crippen molar-refractivity contribution in [1.82, 2.24) is 9.55 Å². The van der Waals surface area contributed by atoms with Gasteiger partial charge in [-0.3, -0.25) is 4.79 Å². The highest BCUT2D eigenvalue weighted by Crippen LogP contribution is 2.26. The molecular formula is C21H19N3O3. The Bertz CT molecular complexity index is 993. The monoisotopic (exact) mass is 361 g/mol. The van der Waals surface area contributed by atoms with Gasteiger partial charge in [0.2, 0.25) is 5.78 Å². The second-order valence-corrected chi connectivity index (χ2v) is 6.24. The third kappa shape index (κ3) is 3.39. The largest absolute Gasteiger partial charge is 0.393 e. The van der Waals surface area contributed by atoms with Crippen LogP contribution in [-0.2, 0) is 23.2 Å². The summed E-state index contributed by atoms with van der Waals surface area (Å²) in [5.74, 6) is -0.0502. The minimum absolute atomic E-state index is 0.0502. The minimum Gasteiger partial charge on any atom is -0.393 e. The van der Waals surface area contributed by atoms with Crippen molar-refractivity contribution in [3.8, 4) is 0 Å². The average molecular weight is 361 g/mol. The standard InChI is InChI=1S/C21H19N3O3/c1-24-14-22-19-18(16-9-5-6-10-17(16)21(25)20(19)24)23-27-12-11-26-13-15-7-3-2-4-8-15/h2-10,14H,11-13H2,1H3/b23-18+. The Kier molecular flexibility index (Phi) is 4.80. The number of aromatic nitrogens is 2. The number of rotatable bonds is 6. The Balaban J connectivity index is 1.45. The van der Waals surface area contributed by atoms with Gasteiger partial charge in [0.1, 0.15) is 23.7 Å². The maximum atomic E-state index is 12.7. The number of carbonyl (C=O) groups is 1. The molecule has 0 bridgehead atoms. The molecule has 0 N–H and O–H groups in total. The Morgan fingerprint density at radius 3 is 2.56 bits per heavy atom. The van der Waals surface area contributed by atoms with Gasteiger partial charge in [-0.2, -0.15) is 0 Å². The van der Waals surface area contributed by atoms with E-state index >= 15 is 0 Å². The maximum Gasteiger partial charge on any atom is 0.212 e. The summed E-state index contributed by atoms with van der Waals surface area (Å²) in [5.41, 5.74) is 4.10. The number of benzene rings is 2. The third-order valence-corrected chi connectivity index (χ3v) is 4.39. The van der Waals surface area contributed by atoms with Gasteiger partial charge in [-0.05, 0) is 5.56 Å². The molecular weight excluding hydrogens is 342 g/mol. The van der Waals surface area contributed by atoms with Gasteiger partial charge in [0.15, 0.2) is 0 Å². The Hall–Kier alpha value is -3.25. The first kappa shape index (κ1) is 17.2. The number of hydrogen-bond acceptors (Lipinski definition) is 5. The van der Waals surface area contributed by atoms with Gasteiger partial charge in [-0.1, -0.05) is 59.8 Å². The molecule has 3 aromatic rings. The molecule has 0 saturated carbocycles. The first-order chi connectivity index (χ1) is 13.3. The van der Waals surface area contributed by atoms with E-state index in [9.17, 15) is 4.79 Å². The van der Waals surface area contributed by atoms with Gasteiger partial charge in [0.25, 0.3) is 0 Å². The number of imidazole rings is 1. The normalized spacial score (nSPS) is 14.1. The van der Waals surface area contributed by atoms with Crippen LogP contribution < -0.4 is 0 Å². The van der Waals surface area contributed by atoms with Crippen LogP contribution in [0.15, 0.2) is 66.1 Å². The molecule has 6 heteroatoms. The van der Waals surface area contributed by atoms with E-state index in [0.29, 0.717) is 42.5 Å². The summed E-state index contributed by atoms with van der Waals surface area (Å²) in [6.45, 7) is 1.26. The predicted molar refractivity (Wildman–Crippen MR) is 101 cm³/mol. The second-order valence-electron chi connectivity index (χ2n) is 6.24. The molecule has 1 aromatic heterocycles. The van der Waals surface area contributed by atoms with Crippen LogP contribution in [0, 0.1) is 0 Å². The van der Waals surface area contributed by atoms with Crippen LogP contribution in [0.1, 0.15) is 32.9 Å². The Labute approximate surface area is 157 Å². The first-order valence-electron chi connectivity index (χ1n) is 8.73. The highest BCUT2D eigenvalue weighted by molar-refractivity contribution is 6.28. The fourth-order valence-corrected chi connectivity index (χ4v) is 3.08. The third-order valence-electron chi connectivity index (χ3n) is 4.39. The molecule has 0 atom stereocenters. The van der Waals surface area contributed by atoms with Crippen LogP contribution in [0.4, 0.5) is 0 Å². The lowest BCUT2D eigenvalue weighted by Crippen LogP contribution is -2.23. The molecule has 4 rings (SSSR count). The lowest BCUT2D eigenvalue weighted by molar-refractivity contribution is 0.0434. The molecule has 136 valence electrons. The van der Waals surface area contributed by atoms with E-state index < -0.39 is 0 Å². The topological polar surface area (TPSA) is 65.7 Å². The number of fused-ring (bicyclic) bond motifs is 2. The van der Waals surface area contributed by atoms with E-state index in [0.717, 1.165) is 11.1 Å². The van der Waals surface area contributed by atoms with Crippen LogP contribution in [0.3, 0.4) is 0 Å². The quantitative estimate of drug-likeness (QED) is 0.391. The Morgan fingerprint density at radius 2 is 1.74 bits per heavy atom. The molecule has 6 nitrogen and oxygen atoms in total. The molecule has 0 radical (unpaired) electrons. The number of oxime groups is 1. The smallest absolute Gasteiger partial charge is 0.212 e. The fourth-order valence-electron chi connectivity index (χ4n) is 3.08. The number of nitrogens with zero attached hydrogens (tertiary/aromatic N) is 3. The van der Waals surface area contributed by atoms with E-state index in [1.807, 2.05) is 48.5 Å². The molecule has 0 aliphatic heterocycles. The molecule has 1 aliphatic carbocycles. The van der Waals surface area contributed by atoms with E-state index in [-0.39, 0.29) is 5.78 Å². The van der Waals surface area contributed by atoms with Crippen molar-refractivity contribution in [1.29, 1.82) is 0 Å². The van der Waals surface area contributed by atoms with Gasteiger partial charge >= 0.3 is 0 Å². The number of aryl methyl sites for hydroxylation is 1. The molecule has 1 heterocycles. The van der Waals surface area contributed by atoms with Crippen molar-refractivity contribution in [2.45, 2.75) is 6.61 Å². The van der Waals surface area contributed by atoms with E-state index in [4.69, 9.17) is 9.57 Å². The fraction of sp³-hybridized carbons (Fsp3) is 0.190. The summed E-state index contributed by atoms with van der Waals surface area (Å²) in [4.78, 5) is 22.5. The summed E-state index contributed by atoms with van der Waals surface area (Å²) in [5, 5.41) is 4.27. The molecule has 0 saturated heterocycles. The van der Waals surface area contributed by atoms with Crippen molar-refractivity contribution in [3.63, 3.8) is 0 Å². The predicted octanol–water partition coefficient (Wildman–Crippen LogP) is 2.95. The van der Waals surface area contributed by atoms with Crippen molar-refractivity contribution in [3.05, 3.63) is 89.0 Å². The highest BCUT2D eigenvalue weighted by Gasteiger charge is 2.32.